The zero-order valence-corrected chi connectivity index (χ0v) is 24.6. The van der Waals surface area contributed by atoms with E-state index in [-0.39, 0.29) is 11.7 Å². The van der Waals surface area contributed by atoms with Gasteiger partial charge in [-0.2, -0.15) is 0 Å². The van der Waals surface area contributed by atoms with Crippen molar-refractivity contribution in [1.29, 1.82) is 0 Å². The first-order chi connectivity index (χ1) is 17.8. The fraction of sp³-hybridized carbons (Fsp3) is 0.645. The molecule has 0 radical (unpaired) electrons. The molecule has 2 unspecified atom stereocenters. The zero-order chi connectivity index (χ0) is 28.2. The number of allylic oxidation sites excluding steroid dienone is 1. The Bertz CT molecular complexity index is 816. The Morgan fingerprint density at radius 3 is 2.27 bits per heavy atom. The van der Waals surface area contributed by atoms with Crippen LogP contribution < -0.4 is 10.6 Å². The molecule has 2 atom stereocenters. The van der Waals surface area contributed by atoms with Gasteiger partial charge >= 0.3 is 0 Å². The smallest absolute Gasteiger partial charge is 0.225 e. The van der Waals surface area contributed by atoms with Crippen molar-refractivity contribution in [1.82, 2.24) is 10.2 Å². The van der Waals surface area contributed by atoms with Crippen LogP contribution in [-0.2, 0) is 16.0 Å². The number of piperazine rings is 1. The number of nitrogens with zero attached hydrogens (tertiary/aromatic N) is 1. The highest BCUT2D eigenvalue weighted by atomic mass is 16.1. The van der Waals surface area contributed by atoms with Crippen LogP contribution >= 0.6 is 0 Å². The molecule has 0 bridgehead atoms. The minimum atomic E-state index is 0.00827. The van der Waals surface area contributed by atoms with Crippen LogP contribution in [0.2, 0.25) is 0 Å². The fourth-order valence-electron chi connectivity index (χ4n) is 4.26. The van der Waals surface area contributed by atoms with Crippen LogP contribution in [0.5, 0.6) is 0 Å². The number of benzene rings is 1. The molecule has 0 aromatic heterocycles. The van der Waals surface area contributed by atoms with Crippen LogP contribution in [0.3, 0.4) is 0 Å². The third kappa shape index (κ3) is 13.7. The highest BCUT2D eigenvalue weighted by Crippen LogP contribution is 2.22. The van der Waals surface area contributed by atoms with E-state index in [9.17, 15) is 14.4 Å². The van der Waals surface area contributed by atoms with Crippen molar-refractivity contribution >= 4 is 23.2 Å². The van der Waals surface area contributed by atoms with Gasteiger partial charge < -0.3 is 15.5 Å². The summed E-state index contributed by atoms with van der Waals surface area (Å²) < 4.78 is 0. The average molecular weight is 516 g/mol. The lowest BCUT2D eigenvalue weighted by Crippen LogP contribution is -2.44. The predicted molar refractivity (Wildman–Crippen MR) is 157 cm³/mol. The Kier molecular flexibility index (Phi) is 19.4. The van der Waals surface area contributed by atoms with Gasteiger partial charge in [-0.25, -0.2) is 0 Å². The van der Waals surface area contributed by atoms with Crippen molar-refractivity contribution in [2.75, 3.05) is 38.0 Å². The number of carbonyl (C=O) groups excluding carboxylic acids is 3. The number of ketones is 2. The topological polar surface area (TPSA) is 78.5 Å². The molecule has 37 heavy (non-hydrogen) atoms. The molecule has 1 heterocycles. The van der Waals surface area contributed by atoms with E-state index < -0.39 is 0 Å². The largest absolute Gasteiger partial charge is 0.326 e. The molecular weight excluding hydrogens is 462 g/mol. The summed E-state index contributed by atoms with van der Waals surface area (Å²) in [6, 6.07) is 5.51. The van der Waals surface area contributed by atoms with E-state index in [2.05, 4.69) is 36.0 Å². The highest BCUT2D eigenvalue weighted by Gasteiger charge is 2.15. The first-order valence-electron chi connectivity index (χ1n) is 14.3. The third-order valence-electron chi connectivity index (χ3n) is 6.88. The van der Waals surface area contributed by atoms with Crippen molar-refractivity contribution in [2.45, 2.75) is 87.0 Å². The molecule has 6 nitrogen and oxygen atoms in total. The van der Waals surface area contributed by atoms with E-state index in [1.807, 2.05) is 52.0 Å². The Morgan fingerprint density at radius 1 is 1.11 bits per heavy atom. The quantitative estimate of drug-likeness (QED) is 0.238. The molecule has 210 valence electrons. The fourth-order valence-corrected chi connectivity index (χ4v) is 4.26. The first kappa shape index (κ1) is 34.7. The van der Waals surface area contributed by atoms with Gasteiger partial charge in [-0.1, -0.05) is 66.2 Å². The number of rotatable bonds is 13. The maximum atomic E-state index is 12.2. The minimum Gasteiger partial charge on any atom is -0.326 e. The maximum absolute atomic E-state index is 12.2. The van der Waals surface area contributed by atoms with Gasteiger partial charge in [0.05, 0.1) is 0 Å². The summed E-state index contributed by atoms with van der Waals surface area (Å²) in [5, 5.41) is 6.26. The van der Waals surface area contributed by atoms with Crippen LogP contribution in [0.1, 0.15) is 96.5 Å². The molecule has 1 aliphatic rings. The van der Waals surface area contributed by atoms with Gasteiger partial charge in [-0.3, -0.25) is 14.4 Å². The van der Waals surface area contributed by atoms with Crippen molar-refractivity contribution in [3.8, 4) is 0 Å². The van der Waals surface area contributed by atoms with Gasteiger partial charge in [0.15, 0.2) is 5.78 Å². The highest BCUT2D eigenvalue weighted by molar-refractivity contribution is 5.99. The number of Topliss-reactive ketones (excluding diaryl/α,β-unsaturated/α-hetero) is 2. The molecular formula is C31H53N3O3. The summed E-state index contributed by atoms with van der Waals surface area (Å²) in [6.45, 7) is 22.5. The molecule has 1 aliphatic heterocycles. The van der Waals surface area contributed by atoms with E-state index in [4.69, 9.17) is 0 Å². The second-order valence-electron chi connectivity index (χ2n) is 9.35. The summed E-state index contributed by atoms with van der Waals surface area (Å²) in [5.41, 5.74) is 2.38. The van der Waals surface area contributed by atoms with Gasteiger partial charge in [-0.15, -0.1) is 6.58 Å². The lowest BCUT2D eigenvalue weighted by atomic mass is 9.87. The van der Waals surface area contributed by atoms with Gasteiger partial charge in [0.2, 0.25) is 5.91 Å². The summed E-state index contributed by atoms with van der Waals surface area (Å²) in [6.07, 6.45) is 6.73. The average Bonchev–Trinajstić information content (AvgIpc) is 2.93. The van der Waals surface area contributed by atoms with Crippen LogP contribution in [0.4, 0.5) is 5.69 Å². The lowest BCUT2D eigenvalue weighted by Gasteiger charge is -2.26. The molecule has 2 N–H and O–H groups in total. The summed E-state index contributed by atoms with van der Waals surface area (Å²) >= 11 is 0. The standard InChI is InChI=1S/C17H25N3O2.C12H22O.C2H6/c1-3-14-15(13(2)21)5-4-6-16(14)19-17(22)7-10-20-11-8-18-9-12-20;1-5-10(4)11(6-2)8-9-12(13)7-3;1-2/h4-6,18H,3,7-12H2,1-2H3,(H,19,22);6,10-11H,2,5,7-9H2,1,3-4H3;1-2H3. The van der Waals surface area contributed by atoms with Gasteiger partial charge in [0.25, 0.3) is 0 Å². The van der Waals surface area contributed by atoms with Crippen molar-refractivity contribution < 1.29 is 14.4 Å². The third-order valence-corrected chi connectivity index (χ3v) is 6.88. The van der Waals surface area contributed by atoms with E-state index in [0.717, 1.165) is 69.7 Å². The Balaban J connectivity index is 0.000000742. The van der Waals surface area contributed by atoms with E-state index in [0.29, 0.717) is 36.0 Å². The van der Waals surface area contributed by atoms with Crippen molar-refractivity contribution in [2.24, 2.45) is 11.8 Å². The predicted octanol–water partition coefficient (Wildman–Crippen LogP) is 6.31. The Hall–Kier alpha value is -2.31. The monoisotopic (exact) mass is 515 g/mol. The summed E-state index contributed by atoms with van der Waals surface area (Å²) in [5.74, 6) is 1.58. The van der Waals surface area contributed by atoms with Crippen molar-refractivity contribution in [3.63, 3.8) is 0 Å². The van der Waals surface area contributed by atoms with E-state index in [1.54, 1.807) is 6.92 Å². The SMILES string of the molecule is C=CC(CCC(=O)CC)C(C)CC.CC.CCc1c(NC(=O)CCN2CCNCC2)cccc1C(C)=O. The normalized spacial score (nSPS) is 14.7. The number of hydrogen-bond donors (Lipinski definition) is 2. The first-order valence-corrected chi connectivity index (χ1v) is 14.3. The van der Waals surface area contributed by atoms with Crippen LogP contribution in [0.15, 0.2) is 30.9 Å². The number of anilines is 1. The molecule has 0 aliphatic carbocycles. The number of carbonyl (C=O) groups is 3. The minimum absolute atomic E-state index is 0.00827. The molecule has 1 aromatic carbocycles. The molecule has 1 fully saturated rings. The lowest BCUT2D eigenvalue weighted by molar-refractivity contribution is -0.119. The Labute approximate surface area is 226 Å². The van der Waals surface area contributed by atoms with Crippen molar-refractivity contribution in [3.05, 3.63) is 42.0 Å². The van der Waals surface area contributed by atoms with Crippen LogP contribution in [0, 0.1) is 11.8 Å². The molecule has 2 rings (SSSR count). The molecule has 1 aromatic rings. The number of amides is 1. The molecule has 1 saturated heterocycles. The van der Waals surface area contributed by atoms with E-state index >= 15 is 0 Å². The molecule has 1 amide bonds. The van der Waals surface area contributed by atoms with Crippen LogP contribution in [-0.4, -0.2) is 55.1 Å². The maximum Gasteiger partial charge on any atom is 0.225 e. The Morgan fingerprint density at radius 2 is 1.76 bits per heavy atom. The number of hydrogen-bond acceptors (Lipinski definition) is 5. The molecule has 0 saturated carbocycles. The molecule has 6 heteroatoms. The van der Waals surface area contributed by atoms with E-state index in [1.165, 1.54) is 0 Å². The second kappa shape index (κ2) is 20.7. The van der Waals surface area contributed by atoms with Gasteiger partial charge in [-0.05, 0) is 43.2 Å². The van der Waals surface area contributed by atoms with Gasteiger partial charge in [0, 0.05) is 63.2 Å². The zero-order valence-electron chi connectivity index (χ0n) is 24.6. The second-order valence-corrected chi connectivity index (χ2v) is 9.35. The molecule has 0 spiro atoms. The van der Waals surface area contributed by atoms with Gasteiger partial charge in [0.1, 0.15) is 5.78 Å². The van der Waals surface area contributed by atoms with Crippen LogP contribution in [0.25, 0.3) is 0 Å². The summed E-state index contributed by atoms with van der Waals surface area (Å²) in [4.78, 5) is 37.2. The number of nitrogens with one attached hydrogen (secondary N) is 2. The summed E-state index contributed by atoms with van der Waals surface area (Å²) in [7, 11) is 0.